The molecule has 0 atom stereocenters. The number of hydrogen-bond donors (Lipinski definition) is 1. The number of terminal acetylenes is 5. The van der Waals surface area contributed by atoms with E-state index in [0.717, 1.165) is 87.6 Å². The summed E-state index contributed by atoms with van der Waals surface area (Å²) in [5, 5.41) is 11.3. The summed E-state index contributed by atoms with van der Waals surface area (Å²) in [5.41, 5.74) is 8.26. The first-order chi connectivity index (χ1) is 25.7. The third-order valence-corrected chi connectivity index (χ3v) is 9.21. The van der Waals surface area contributed by atoms with Gasteiger partial charge in [0.2, 0.25) is 0 Å². The van der Waals surface area contributed by atoms with E-state index in [0.29, 0.717) is 26.2 Å². The second-order valence-corrected chi connectivity index (χ2v) is 15.7. The fourth-order valence-electron chi connectivity index (χ4n) is 6.29. The number of fused-ring (bicyclic) bond motifs is 1. The van der Waals surface area contributed by atoms with Crippen molar-refractivity contribution in [3.63, 3.8) is 0 Å². The van der Waals surface area contributed by atoms with E-state index >= 15 is 0 Å². The van der Waals surface area contributed by atoms with E-state index in [4.69, 9.17) is 36.9 Å². The van der Waals surface area contributed by atoms with Crippen LogP contribution in [0.15, 0.2) is 95.3 Å². The van der Waals surface area contributed by atoms with Crippen molar-refractivity contribution in [1.82, 2.24) is 0 Å². The van der Waals surface area contributed by atoms with Gasteiger partial charge in [-0.15, -0.1) is 32.1 Å². The van der Waals surface area contributed by atoms with Crippen LogP contribution < -0.4 is 14.5 Å². The van der Waals surface area contributed by atoms with Gasteiger partial charge in [-0.25, -0.2) is 0 Å². The van der Waals surface area contributed by atoms with Gasteiger partial charge in [0.1, 0.15) is 17.3 Å². The fraction of sp³-hybridized carbons (Fsp3) is 0.320. The van der Waals surface area contributed by atoms with Gasteiger partial charge < -0.3 is 19.6 Å². The number of allylic oxidation sites excluding steroid dienone is 12. The van der Waals surface area contributed by atoms with Crippen molar-refractivity contribution in [2.75, 3.05) is 36.0 Å². The summed E-state index contributed by atoms with van der Waals surface area (Å²) in [7, 11) is 0. The fourth-order valence-corrected chi connectivity index (χ4v) is 6.29. The van der Waals surface area contributed by atoms with Crippen molar-refractivity contribution in [2.45, 2.75) is 67.2 Å². The van der Waals surface area contributed by atoms with Crippen molar-refractivity contribution in [3.05, 3.63) is 106 Å². The van der Waals surface area contributed by atoms with Gasteiger partial charge in [0, 0.05) is 45.6 Å². The molecule has 4 heteroatoms. The molecule has 1 heterocycles. The van der Waals surface area contributed by atoms with Gasteiger partial charge in [-0.05, 0) is 83.7 Å². The van der Waals surface area contributed by atoms with Crippen LogP contribution in [-0.4, -0.2) is 31.3 Å². The summed E-state index contributed by atoms with van der Waals surface area (Å²) in [6.07, 6.45) is 45.0. The molecule has 54 heavy (non-hydrogen) atoms. The quantitative estimate of drug-likeness (QED) is 0.186. The molecule has 2 aromatic rings. The highest BCUT2D eigenvalue weighted by molar-refractivity contribution is 5.83. The van der Waals surface area contributed by atoms with Crippen molar-refractivity contribution in [3.8, 4) is 73.2 Å². The average Bonchev–Trinajstić information content (AvgIpc) is 3.12. The molecule has 1 aliphatic carbocycles. The molecule has 0 unspecified atom stereocenters. The number of nitrogens with zero attached hydrogens (tertiary/aromatic N) is 2. The zero-order valence-corrected chi connectivity index (χ0v) is 32.7. The molecule has 2 aliphatic rings. The normalized spacial score (nSPS) is 16.0. The smallest absolute Gasteiger partial charge is 0.136 e. The average molecular weight is 713 g/mol. The lowest BCUT2D eigenvalue weighted by Crippen LogP contribution is -2.24. The Morgan fingerprint density at radius 2 is 1.43 bits per heavy atom. The molecule has 0 amide bonds. The Morgan fingerprint density at radius 3 is 1.98 bits per heavy atom. The molecule has 1 N–H and O–H groups in total. The maximum Gasteiger partial charge on any atom is 0.136 e. The molecule has 4 rings (SSSR count). The summed E-state index contributed by atoms with van der Waals surface area (Å²) in [5.74, 6) is 15.5. The molecule has 0 fully saturated rings. The zero-order valence-electron chi connectivity index (χ0n) is 32.7. The van der Waals surface area contributed by atoms with Gasteiger partial charge in [0.25, 0.3) is 0 Å². The van der Waals surface area contributed by atoms with E-state index in [9.17, 15) is 5.11 Å². The van der Waals surface area contributed by atoms with Crippen LogP contribution in [0, 0.1) is 72.5 Å². The van der Waals surface area contributed by atoms with Crippen molar-refractivity contribution >= 4 is 22.5 Å². The summed E-state index contributed by atoms with van der Waals surface area (Å²) in [4.78, 5) is 3.85. The number of rotatable bonds is 11. The van der Waals surface area contributed by atoms with Gasteiger partial charge in [-0.2, -0.15) is 0 Å². The van der Waals surface area contributed by atoms with E-state index in [2.05, 4.69) is 114 Å². The topological polar surface area (TPSA) is 35.9 Å². The molecule has 2 aromatic carbocycles. The second kappa shape index (κ2) is 18.1. The molecule has 274 valence electrons. The highest BCUT2D eigenvalue weighted by Gasteiger charge is 2.26. The molecule has 0 saturated carbocycles. The zero-order chi connectivity index (χ0) is 39.5. The Bertz CT molecular complexity index is 2100. The Kier molecular flexibility index (Phi) is 13.6. The predicted octanol–water partition coefficient (Wildman–Crippen LogP) is 10.4. The van der Waals surface area contributed by atoms with Gasteiger partial charge in [-0.3, -0.25) is 0 Å². The Labute approximate surface area is 325 Å². The number of aromatic hydroxyl groups is 1. The Hall–Kier alpha value is -6.12. The van der Waals surface area contributed by atoms with E-state index in [1.54, 1.807) is 6.07 Å². The highest BCUT2D eigenvalue weighted by Crippen LogP contribution is 2.42. The molecular weight excluding hydrogens is 661 g/mol. The maximum atomic E-state index is 11.3. The lowest BCUT2D eigenvalue weighted by Gasteiger charge is -2.30. The van der Waals surface area contributed by atoms with Crippen LogP contribution in [-0.2, 0) is 0 Å². The van der Waals surface area contributed by atoms with Crippen LogP contribution in [0.25, 0.3) is 11.1 Å². The first-order valence-electron chi connectivity index (χ1n) is 18.3. The Balaban J connectivity index is 1.76. The van der Waals surface area contributed by atoms with Crippen LogP contribution in [0.5, 0.6) is 11.5 Å². The van der Waals surface area contributed by atoms with E-state index in [-0.39, 0.29) is 16.6 Å². The molecule has 1 aliphatic heterocycles. The molecule has 0 bridgehead atoms. The lowest BCUT2D eigenvalue weighted by molar-refractivity contribution is 0.291. The van der Waals surface area contributed by atoms with Crippen LogP contribution in [0.2, 0.25) is 0 Å². The van der Waals surface area contributed by atoms with E-state index < -0.39 is 0 Å². The van der Waals surface area contributed by atoms with Crippen LogP contribution in [0.4, 0.5) is 11.4 Å². The molecule has 4 nitrogen and oxygen atoms in total. The number of hydrogen-bond acceptors (Lipinski definition) is 4. The van der Waals surface area contributed by atoms with Crippen LogP contribution in [0.1, 0.15) is 78.4 Å². The third kappa shape index (κ3) is 10.5. The first-order valence-corrected chi connectivity index (χ1v) is 18.3. The number of phenols is 1. The standard InChI is InChI=1S/C50H52N2O2/c1-12-30-51(31-13-2)41-24-26-44(46(53)35-41)39(28-29-49(6,7)8)21-20-37-18-17-19-38(43(37)16-5)22-23-40-34-48(50(9,10)11)54-47-36-42(25-27-45(40)47)52(32-14-3)33-15-4/h1-5,20-28,34-36,53H,17-19,29-33H2,6-11H3/b21-20+,38-22+,39-28-,40-23+. The molecule has 0 saturated heterocycles. The Morgan fingerprint density at radius 1 is 0.815 bits per heavy atom. The largest absolute Gasteiger partial charge is 0.507 e. The SMILES string of the molecule is C#CCN(CC#C)c1ccc(C(=C\CC(C)(C)C)/C=C/C2=C(C#C)C(=C/C=C3\C=C(C(C)(C)C)Oc4cc(N(CC#C)CC#C)ccc43)/CCC2)c(O)c1. The van der Waals surface area contributed by atoms with Crippen LogP contribution in [0.3, 0.4) is 0 Å². The number of ether oxygens (including phenoxy) is 1. The molecule has 0 spiro atoms. The van der Waals surface area contributed by atoms with Gasteiger partial charge in [0.15, 0.2) is 0 Å². The summed E-state index contributed by atoms with van der Waals surface area (Å²) < 4.78 is 6.48. The lowest BCUT2D eigenvalue weighted by atomic mass is 9.85. The minimum Gasteiger partial charge on any atom is -0.507 e. The van der Waals surface area contributed by atoms with Crippen molar-refractivity contribution < 1.29 is 9.84 Å². The highest BCUT2D eigenvalue weighted by atomic mass is 16.5. The monoisotopic (exact) mass is 712 g/mol. The minimum absolute atomic E-state index is 0.0525. The van der Waals surface area contributed by atoms with Gasteiger partial charge in [-0.1, -0.05) is 102 Å². The van der Waals surface area contributed by atoms with E-state index in [1.165, 1.54) is 0 Å². The maximum absolute atomic E-state index is 11.3. The number of benzene rings is 2. The summed E-state index contributed by atoms with van der Waals surface area (Å²) in [6.45, 7) is 14.5. The minimum atomic E-state index is -0.223. The molecule has 0 radical (unpaired) electrons. The van der Waals surface area contributed by atoms with Crippen LogP contribution >= 0.6 is 0 Å². The van der Waals surface area contributed by atoms with Gasteiger partial charge >= 0.3 is 0 Å². The van der Waals surface area contributed by atoms with E-state index in [1.807, 2.05) is 34.1 Å². The summed E-state index contributed by atoms with van der Waals surface area (Å²) in [6, 6.07) is 11.7. The summed E-state index contributed by atoms with van der Waals surface area (Å²) >= 11 is 0. The van der Waals surface area contributed by atoms with Crippen molar-refractivity contribution in [1.29, 1.82) is 0 Å². The second-order valence-electron chi connectivity index (χ2n) is 15.7. The number of anilines is 2. The van der Waals surface area contributed by atoms with Gasteiger partial charge in [0.05, 0.1) is 26.2 Å². The molecular formula is C50H52N2O2. The third-order valence-electron chi connectivity index (χ3n) is 9.21. The first kappa shape index (κ1) is 40.6. The molecule has 0 aromatic heterocycles. The predicted molar refractivity (Wildman–Crippen MR) is 229 cm³/mol. The number of phenolic OH excluding ortho intramolecular Hbond substituents is 1. The van der Waals surface area contributed by atoms with Crippen molar-refractivity contribution in [2.24, 2.45) is 10.8 Å².